The van der Waals surface area contributed by atoms with Gasteiger partial charge in [-0.15, -0.1) is 0 Å². The Morgan fingerprint density at radius 3 is 2.21 bits per heavy atom. The van der Waals surface area contributed by atoms with Gasteiger partial charge in [0.15, 0.2) is 0 Å². The molecule has 0 aliphatic rings. The van der Waals surface area contributed by atoms with Gasteiger partial charge in [0.05, 0.1) is 20.9 Å². The zero-order chi connectivity index (χ0) is 13.0. The van der Waals surface area contributed by atoms with Gasteiger partial charge in [0.2, 0.25) is 5.71 Å². The Morgan fingerprint density at radius 2 is 1.47 bits per heavy atom. The number of aromatic nitrogens is 1. The van der Waals surface area contributed by atoms with E-state index in [9.17, 15) is 4.79 Å². The molecule has 0 atom stereocenters. The molecule has 0 amide bonds. The highest BCUT2D eigenvalue weighted by atomic mass is 79.9. The molecule has 92 valence electrons. The van der Waals surface area contributed by atoms with E-state index in [1.807, 2.05) is 46.9 Å². The summed E-state index contributed by atoms with van der Waals surface area (Å²) >= 11 is 3.52. The molecule has 19 heavy (non-hydrogen) atoms. The Bertz CT molecular complexity index is 997. The standard InChI is InChI=1S/C15H8BrNO2/c16-13-9-5-1-3-7-11(9)17-12-8-4-2-6-10(12)15(18)19-14(13)17/h1-8H. The Labute approximate surface area is 116 Å². The molecule has 0 saturated heterocycles. The van der Waals surface area contributed by atoms with Crippen LogP contribution < -0.4 is 5.63 Å². The van der Waals surface area contributed by atoms with E-state index in [1.165, 1.54) is 0 Å². The van der Waals surface area contributed by atoms with Crippen molar-refractivity contribution in [1.82, 2.24) is 4.40 Å². The molecule has 0 radical (unpaired) electrons. The van der Waals surface area contributed by atoms with Crippen LogP contribution in [0.2, 0.25) is 0 Å². The highest BCUT2D eigenvalue weighted by Crippen LogP contribution is 2.32. The summed E-state index contributed by atoms with van der Waals surface area (Å²) in [6.45, 7) is 0. The van der Waals surface area contributed by atoms with Crippen molar-refractivity contribution in [2.45, 2.75) is 0 Å². The number of hydrogen-bond donors (Lipinski definition) is 0. The van der Waals surface area contributed by atoms with Gasteiger partial charge in [-0.25, -0.2) is 4.79 Å². The second kappa shape index (κ2) is 3.71. The quantitative estimate of drug-likeness (QED) is 0.492. The van der Waals surface area contributed by atoms with E-state index in [0.717, 1.165) is 20.9 Å². The molecule has 0 unspecified atom stereocenters. The lowest BCUT2D eigenvalue weighted by atomic mass is 10.2. The molecule has 0 saturated carbocycles. The van der Waals surface area contributed by atoms with Crippen molar-refractivity contribution in [2.24, 2.45) is 0 Å². The van der Waals surface area contributed by atoms with Crippen LogP contribution in [-0.4, -0.2) is 4.40 Å². The first-order chi connectivity index (χ1) is 9.27. The van der Waals surface area contributed by atoms with E-state index in [2.05, 4.69) is 15.9 Å². The highest BCUT2D eigenvalue weighted by molar-refractivity contribution is 9.10. The van der Waals surface area contributed by atoms with Crippen molar-refractivity contribution in [1.29, 1.82) is 0 Å². The summed E-state index contributed by atoms with van der Waals surface area (Å²) in [5, 5.41) is 1.62. The Balaban J connectivity index is 2.47. The number of fused-ring (bicyclic) bond motifs is 5. The van der Waals surface area contributed by atoms with Crippen LogP contribution in [0.25, 0.3) is 27.5 Å². The van der Waals surface area contributed by atoms with Gasteiger partial charge in [0.1, 0.15) is 0 Å². The van der Waals surface area contributed by atoms with Gasteiger partial charge < -0.3 is 4.42 Å². The van der Waals surface area contributed by atoms with E-state index in [-0.39, 0.29) is 5.63 Å². The minimum absolute atomic E-state index is 0.313. The molecular formula is C15H8BrNO2. The molecule has 0 bridgehead atoms. The molecule has 4 rings (SSSR count). The van der Waals surface area contributed by atoms with Crippen LogP contribution in [-0.2, 0) is 0 Å². The maximum absolute atomic E-state index is 12.0. The summed E-state index contributed by atoms with van der Waals surface area (Å²) in [4.78, 5) is 12.0. The lowest BCUT2D eigenvalue weighted by Gasteiger charge is -2.01. The van der Waals surface area contributed by atoms with Crippen molar-refractivity contribution in [2.75, 3.05) is 0 Å². The van der Waals surface area contributed by atoms with Gasteiger partial charge in [0, 0.05) is 5.39 Å². The van der Waals surface area contributed by atoms with E-state index in [4.69, 9.17) is 4.42 Å². The third kappa shape index (κ3) is 1.35. The summed E-state index contributed by atoms with van der Waals surface area (Å²) in [5.74, 6) is 0. The van der Waals surface area contributed by atoms with Gasteiger partial charge in [-0.3, -0.25) is 4.40 Å². The first-order valence-corrected chi connectivity index (χ1v) is 6.67. The van der Waals surface area contributed by atoms with Crippen molar-refractivity contribution in [3.05, 3.63) is 63.4 Å². The first kappa shape index (κ1) is 10.8. The average molecular weight is 314 g/mol. The van der Waals surface area contributed by atoms with Crippen molar-refractivity contribution in [3.63, 3.8) is 0 Å². The number of rotatable bonds is 0. The Kier molecular flexibility index (Phi) is 2.11. The molecule has 2 aromatic heterocycles. The average Bonchev–Trinajstić information content (AvgIpc) is 2.73. The van der Waals surface area contributed by atoms with Crippen LogP contribution in [0.5, 0.6) is 0 Å². The van der Waals surface area contributed by atoms with Crippen LogP contribution in [0.3, 0.4) is 0 Å². The maximum Gasteiger partial charge on any atom is 0.346 e. The van der Waals surface area contributed by atoms with E-state index >= 15 is 0 Å². The fraction of sp³-hybridized carbons (Fsp3) is 0. The van der Waals surface area contributed by atoms with Gasteiger partial charge in [-0.1, -0.05) is 30.3 Å². The van der Waals surface area contributed by atoms with Crippen LogP contribution in [0.1, 0.15) is 0 Å². The third-order valence-corrected chi connectivity index (χ3v) is 4.09. The third-order valence-electron chi connectivity index (χ3n) is 3.33. The number of nitrogens with zero attached hydrogens (tertiary/aromatic N) is 1. The van der Waals surface area contributed by atoms with E-state index < -0.39 is 0 Å². The zero-order valence-electron chi connectivity index (χ0n) is 9.76. The smallest absolute Gasteiger partial charge is 0.346 e. The van der Waals surface area contributed by atoms with Crippen LogP contribution in [0.15, 0.2) is 62.2 Å². The summed E-state index contributed by atoms with van der Waals surface area (Å²) < 4.78 is 8.23. The lowest BCUT2D eigenvalue weighted by Crippen LogP contribution is -2.03. The van der Waals surface area contributed by atoms with Gasteiger partial charge in [-0.2, -0.15) is 0 Å². The molecule has 0 spiro atoms. The Morgan fingerprint density at radius 1 is 0.895 bits per heavy atom. The predicted molar refractivity (Wildman–Crippen MR) is 78.6 cm³/mol. The molecule has 2 aromatic carbocycles. The summed E-state index contributed by atoms with van der Waals surface area (Å²) in [5.41, 5.74) is 2.11. The molecule has 3 nitrogen and oxygen atoms in total. The van der Waals surface area contributed by atoms with E-state index in [0.29, 0.717) is 11.1 Å². The summed E-state index contributed by atoms with van der Waals surface area (Å²) in [6.07, 6.45) is 0. The van der Waals surface area contributed by atoms with Crippen molar-refractivity contribution >= 4 is 43.4 Å². The van der Waals surface area contributed by atoms with Crippen molar-refractivity contribution in [3.8, 4) is 0 Å². The number of benzene rings is 2. The monoisotopic (exact) mass is 313 g/mol. The number of halogens is 1. The maximum atomic E-state index is 12.0. The molecule has 0 aliphatic heterocycles. The van der Waals surface area contributed by atoms with Crippen molar-refractivity contribution < 1.29 is 4.42 Å². The molecule has 4 aromatic rings. The minimum Gasteiger partial charge on any atom is -0.404 e. The van der Waals surface area contributed by atoms with Gasteiger partial charge in [0.25, 0.3) is 0 Å². The predicted octanol–water partition coefficient (Wildman–Crippen LogP) is 3.96. The Hall–Kier alpha value is -2.07. The normalized spacial score (nSPS) is 11.6. The number of para-hydroxylation sites is 2. The first-order valence-electron chi connectivity index (χ1n) is 5.88. The fourth-order valence-corrected chi connectivity index (χ4v) is 3.08. The van der Waals surface area contributed by atoms with Crippen LogP contribution in [0, 0.1) is 0 Å². The fourth-order valence-electron chi connectivity index (χ4n) is 2.49. The van der Waals surface area contributed by atoms with Crippen LogP contribution >= 0.6 is 15.9 Å². The molecule has 2 heterocycles. The zero-order valence-corrected chi connectivity index (χ0v) is 11.3. The molecule has 0 N–H and O–H groups in total. The van der Waals surface area contributed by atoms with E-state index in [1.54, 1.807) is 6.07 Å². The summed E-state index contributed by atoms with van der Waals surface area (Å²) in [7, 11) is 0. The van der Waals surface area contributed by atoms with Gasteiger partial charge >= 0.3 is 5.63 Å². The van der Waals surface area contributed by atoms with Gasteiger partial charge in [-0.05, 0) is 34.1 Å². The van der Waals surface area contributed by atoms with Crippen LogP contribution in [0.4, 0.5) is 0 Å². The lowest BCUT2D eigenvalue weighted by molar-refractivity contribution is 0.548. The minimum atomic E-state index is -0.313. The topological polar surface area (TPSA) is 34.6 Å². The number of hydrogen-bond acceptors (Lipinski definition) is 2. The largest absolute Gasteiger partial charge is 0.404 e. The highest BCUT2D eigenvalue weighted by Gasteiger charge is 2.15. The summed E-state index contributed by atoms with van der Waals surface area (Å²) in [6, 6.07) is 15.4. The second-order valence-electron chi connectivity index (χ2n) is 4.38. The molecule has 0 fully saturated rings. The molecule has 4 heteroatoms. The SMILES string of the molecule is O=c1oc2c(Br)c3ccccc3n2c2ccccc12. The molecule has 0 aliphatic carbocycles. The second-order valence-corrected chi connectivity index (χ2v) is 5.17. The molecular weight excluding hydrogens is 306 g/mol.